The monoisotopic (exact) mass is 451 g/mol. The highest BCUT2D eigenvalue weighted by atomic mass is 19.3. The molecule has 1 aromatic carbocycles. The third kappa shape index (κ3) is 4.86. The summed E-state index contributed by atoms with van der Waals surface area (Å²) in [6.07, 6.45) is 1.55. The molecule has 1 N–H and O–H groups in total. The largest absolute Gasteiger partial charge is 0.481 e. The lowest BCUT2D eigenvalue weighted by Gasteiger charge is -2.21. The minimum absolute atomic E-state index is 0.173. The second kappa shape index (κ2) is 9.03. The molecule has 1 aliphatic heterocycles. The van der Waals surface area contributed by atoms with Gasteiger partial charge in [0.1, 0.15) is 5.76 Å². The van der Waals surface area contributed by atoms with E-state index < -0.39 is 23.8 Å². The molecule has 32 heavy (non-hydrogen) atoms. The number of halogens is 3. The number of carbonyl (C=O) groups is 1. The summed E-state index contributed by atoms with van der Waals surface area (Å²) in [5.74, 6) is -3.80. The fourth-order valence-corrected chi connectivity index (χ4v) is 4.13. The molecular weight excluding hydrogens is 423 g/mol. The fourth-order valence-electron chi connectivity index (χ4n) is 4.13. The standard InChI is InChI=1S/C23H28F3N3O3/c1-14(2)12-18-20(28-22(32-18)29-10-3-4-11-29)21(30)27-15-7-8-17(16(24)13-15)31-19-6-5-9-23(19,25)26/h7-8,13-14,19H,3-6,9-12H2,1-2H3,(H,27,30). The number of amides is 1. The lowest BCUT2D eigenvalue weighted by molar-refractivity contribution is -0.0746. The van der Waals surface area contributed by atoms with E-state index in [4.69, 9.17) is 9.15 Å². The van der Waals surface area contributed by atoms with Crippen LogP contribution in [0.4, 0.5) is 24.9 Å². The molecule has 2 aromatic rings. The highest BCUT2D eigenvalue weighted by Gasteiger charge is 2.46. The third-order valence-electron chi connectivity index (χ3n) is 5.78. The van der Waals surface area contributed by atoms with Gasteiger partial charge in [-0.15, -0.1) is 0 Å². The minimum Gasteiger partial charge on any atom is -0.481 e. The lowest BCUT2D eigenvalue weighted by atomic mass is 10.1. The van der Waals surface area contributed by atoms with Crippen molar-refractivity contribution in [3.8, 4) is 5.75 Å². The molecular formula is C23H28F3N3O3. The second-order valence-electron chi connectivity index (χ2n) is 8.92. The number of oxazole rings is 1. The number of nitrogens with zero attached hydrogens (tertiary/aromatic N) is 2. The summed E-state index contributed by atoms with van der Waals surface area (Å²) in [4.78, 5) is 19.3. The van der Waals surface area contributed by atoms with Gasteiger partial charge in [0.05, 0.1) is 0 Å². The van der Waals surface area contributed by atoms with Gasteiger partial charge >= 0.3 is 0 Å². The van der Waals surface area contributed by atoms with Crippen molar-refractivity contribution in [2.24, 2.45) is 5.92 Å². The molecule has 2 fully saturated rings. The molecule has 1 saturated carbocycles. The van der Waals surface area contributed by atoms with E-state index in [2.05, 4.69) is 10.3 Å². The smallest absolute Gasteiger partial charge is 0.298 e. The van der Waals surface area contributed by atoms with Crippen molar-refractivity contribution in [1.29, 1.82) is 0 Å². The van der Waals surface area contributed by atoms with E-state index in [1.54, 1.807) is 0 Å². The number of carbonyl (C=O) groups excluding carboxylic acids is 1. The van der Waals surface area contributed by atoms with Crippen LogP contribution in [0.15, 0.2) is 22.6 Å². The van der Waals surface area contributed by atoms with Gasteiger partial charge in [-0.05, 0) is 43.7 Å². The van der Waals surface area contributed by atoms with Crippen LogP contribution in [-0.4, -0.2) is 36.0 Å². The zero-order chi connectivity index (χ0) is 22.9. The maximum atomic E-state index is 14.5. The van der Waals surface area contributed by atoms with Crippen LogP contribution in [-0.2, 0) is 6.42 Å². The number of anilines is 2. The summed E-state index contributed by atoms with van der Waals surface area (Å²) in [6.45, 7) is 5.69. The predicted molar refractivity (Wildman–Crippen MR) is 114 cm³/mol. The number of benzene rings is 1. The highest BCUT2D eigenvalue weighted by molar-refractivity contribution is 6.03. The summed E-state index contributed by atoms with van der Waals surface area (Å²) in [6, 6.07) is 4.17. The average molecular weight is 451 g/mol. The number of nitrogens with one attached hydrogen (secondary N) is 1. The summed E-state index contributed by atoms with van der Waals surface area (Å²) in [5, 5.41) is 2.63. The van der Waals surface area contributed by atoms with Crippen molar-refractivity contribution < 1.29 is 27.1 Å². The second-order valence-corrected chi connectivity index (χ2v) is 8.92. The van der Waals surface area contributed by atoms with Crippen molar-refractivity contribution >= 4 is 17.6 Å². The Hall–Kier alpha value is -2.71. The molecule has 6 nitrogen and oxygen atoms in total. The van der Waals surface area contributed by atoms with E-state index in [1.165, 1.54) is 12.1 Å². The Morgan fingerprint density at radius 2 is 2.06 bits per heavy atom. The van der Waals surface area contributed by atoms with Gasteiger partial charge in [0.25, 0.3) is 17.8 Å². The summed E-state index contributed by atoms with van der Waals surface area (Å²) >= 11 is 0. The van der Waals surface area contributed by atoms with Crippen LogP contribution < -0.4 is 15.0 Å². The van der Waals surface area contributed by atoms with Crippen molar-refractivity contribution in [2.45, 2.75) is 64.4 Å². The first-order valence-electron chi connectivity index (χ1n) is 11.1. The molecule has 1 unspecified atom stereocenters. The van der Waals surface area contributed by atoms with Gasteiger partial charge in [0.2, 0.25) is 0 Å². The van der Waals surface area contributed by atoms with Crippen LogP contribution in [0.5, 0.6) is 5.75 Å². The van der Waals surface area contributed by atoms with Crippen LogP contribution in [0.25, 0.3) is 0 Å². The van der Waals surface area contributed by atoms with Crippen molar-refractivity contribution in [2.75, 3.05) is 23.3 Å². The quantitative estimate of drug-likeness (QED) is 0.608. The Morgan fingerprint density at radius 1 is 1.31 bits per heavy atom. The van der Waals surface area contributed by atoms with Gasteiger partial charge in [-0.3, -0.25) is 4.79 Å². The first-order valence-corrected chi connectivity index (χ1v) is 11.1. The summed E-state index contributed by atoms with van der Waals surface area (Å²) < 4.78 is 53.2. The van der Waals surface area contributed by atoms with Crippen LogP contribution >= 0.6 is 0 Å². The zero-order valence-corrected chi connectivity index (χ0v) is 18.3. The van der Waals surface area contributed by atoms with Gasteiger partial charge in [0, 0.05) is 37.7 Å². The predicted octanol–water partition coefficient (Wildman–Crippen LogP) is 5.43. The summed E-state index contributed by atoms with van der Waals surface area (Å²) in [5.41, 5.74) is 0.353. The molecule has 1 atom stereocenters. The first kappa shape index (κ1) is 22.5. The maximum absolute atomic E-state index is 14.5. The Balaban J connectivity index is 1.49. The SMILES string of the molecule is CC(C)Cc1oc(N2CCCC2)nc1C(=O)Nc1ccc(OC2CCCC2(F)F)c(F)c1. The molecule has 0 bridgehead atoms. The Bertz CT molecular complexity index is 971. The molecule has 1 aromatic heterocycles. The molecule has 1 aliphatic carbocycles. The Kier molecular flexibility index (Phi) is 6.35. The van der Waals surface area contributed by atoms with Gasteiger partial charge in [0.15, 0.2) is 23.4 Å². The molecule has 2 aliphatic rings. The number of ether oxygens (including phenoxy) is 1. The third-order valence-corrected chi connectivity index (χ3v) is 5.78. The van der Waals surface area contributed by atoms with Crippen LogP contribution in [0.2, 0.25) is 0 Å². The molecule has 0 radical (unpaired) electrons. The van der Waals surface area contributed by atoms with Gasteiger partial charge in [-0.2, -0.15) is 4.98 Å². The molecule has 0 spiro atoms. The van der Waals surface area contributed by atoms with Gasteiger partial charge in [-0.25, -0.2) is 13.2 Å². The molecule has 174 valence electrons. The first-order chi connectivity index (χ1) is 15.2. The number of alkyl halides is 2. The van der Waals surface area contributed by atoms with E-state index in [1.807, 2.05) is 18.7 Å². The average Bonchev–Trinajstić information content (AvgIpc) is 3.44. The lowest BCUT2D eigenvalue weighted by Crippen LogP contribution is -2.32. The molecule has 4 rings (SSSR count). The van der Waals surface area contributed by atoms with Crippen molar-refractivity contribution in [1.82, 2.24) is 4.98 Å². The molecule has 1 saturated heterocycles. The molecule has 1 amide bonds. The number of rotatable bonds is 7. The number of aromatic nitrogens is 1. The van der Waals surface area contributed by atoms with Crippen LogP contribution in [0.1, 0.15) is 62.2 Å². The number of hydrogen-bond donors (Lipinski definition) is 1. The summed E-state index contributed by atoms with van der Waals surface area (Å²) in [7, 11) is 0. The van der Waals surface area contributed by atoms with Gasteiger partial charge in [-0.1, -0.05) is 13.8 Å². The van der Waals surface area contributed by atoms with Crippen LogP contribution in [0, 0.1) is 11.7 Å². The molecule has 2 heterocycles. The van der Waals surface area contributed by atoms with E-state index in [0.29, 0.717) is 24.6 Å². The van der Waals surface area contributed by atoms with E-state index in [0.717, 1.165) is 32.0 Å². The minimum atomic E-state index is -2.97. The Labute approximate surface area is 185 Å². The topological polar surface area (TPSA) is 67.6 Å². The van der Waals surface area contributed by atoms with Gasteiger partial charge < -0.3 is 19.4 Å². The zero-order valence-electron chi connectivity index (χ0n) is 18.3. The normalized spacial score (nSPS) is 20.2. The molecule has 9 heteroatoms. The van der Waals surface area contributed by atoms with Crippen LogP contribution in [0.3, 0.4) is 0 Å². The van der Waals surface area contributed by atoms with E-state index >= 15 is 0 Å². The van der Waals surface area contributed by atoms with Crippen molar-refractivity contribution in [3.05, 3.63) is 35.5 Å². The fraction of sp³-hybridized carbons (Fsp3) is 0.565. The maximum Gasteiger partial charge on any atom is 0.298 e. The van der Waals surface area contributed by atoms with Crippen molar-refractivity contribution in [3.63, 3.8) is 0 Å². The van der Waals surface area contributed by atoms with E-state index in [9.17, 15) is 18.0 Å². The number of hydrogen-bond acceptors (Lipinski definition) is 5. The Morgan fingerprint density at radius 3 is 2.69 bits per heavy atom. The van der Waals surface area contributed by atoms with E-state index in [-0.39, 0.29) is 35.9 Å². The highest BCUT2D eigenvalue weighted by Crippen LogP contribution is 2.38.